The van der Waals surface area contributed by atoms with Gasteiger partial charge in [-0.05, 0) is 18.1 Å². The third-order valence-corrected chi connectivity index (χ3v) is 4.98. The van der Waals surface area contributed by atoms with Crippen LogP contribution in [0.15, 0.2) is 29.2 Å². The Bertz CT molecular complexity index is 571. The SMILES string of the molecule is NCc1ccccc1S(=O)(=O)N1CCCNC(=O)C1. The van der Waals surface area contributed by atoms with Crippen molar-refractivity contribution in [3.8, 4) is 0 Å². The van der Waals surface area contributed by atoms with Crippen molar-refractivity contribution in [1.82, 2.24) is 9.62 Å². The molecule has 0 bridgehead atoms. The van der Waals surface area contributed by atoms with Crippen molar-refractivity contribution in [1.29, 1.82) is 0 Å². The van der Waals surface area contributed by atoms with Gasteiger partial charge in [-0.15, -0.1) is 0 Å². The van der Waals surface area contributed by atoms with E-state index in [1.54, 1.807) is 18.2 Å². The Morgan fingerprint density at radius 3 is 2.79 bits per heavy atom. The molecule has 6 nitrogen and oxygen atoms in total. The van der Waals surface area contributed by atoms with Crippen LogP contribution in [-0.2, 0) is 21.4 Å². The zero-order chi connectivity index (χ0) is 13.9. The maximum Gasteiger partial charge on any atom is 0.243 e. The number of sulfonamides is 1. The van der Waals surface area contributed by atoms with E-state index in [-0.39, 0.29) is 23.9 Å². The van der Waals surface area contributed by atoms with Crippen LogP contribution in [0.4, 0.5) is 0 Å². The van der Waals surface area contributed by atoms with E-state index < -0.39 is 10.0 Å². The number of hydrogen-bond donors (Lipinski definition) is 2. The van der Waals surface area contributed by atoms with Gasteiger partial charge in [0.2, 0.25) is 15.9 Å². The lowest BCUT2D eigenvalue weighted by atomic mass is 10.2. The molecule has 1 aliphatic rings. The normalized spacial score (nSPS) is 17.8. The fourth-order valence-electron chi connectivity index (χ4n) is 2.05. The molecule has 0 saturated carbocycles. The summed E-state index contributed by atoms with van der Waals surface area (Å²) in [5, 5.41) is 2.66. The van der Waals surface area contributed by atoms with Crippen molar-refractivity contribution in [2.45, 2.75) is 17.9 Å². The zero-order valence-corrected chi connectivity index (χ0v) is 11.3. The summed E-state index contributed by atoms with van der Waals surface area (Å²) in [6, 6.07) is 6.62. The predicted molar refractivity (Wildman–Crippen MR) is 70.7 cm³/mol. The summed E-state index contributed by atoms with van der Waals surface area (Å²) in [7, 11) is -3.67. The molecule has 7 heteroatoms. The van der Waals surface area contributed by atoms with E-state index in [1.165, 1.54) is 10.4 Å². The van der Waals surface area contributed by atoms with Crippen LogP contribution < -0.4 is 11.1 Å². The van der Waals surface area contributed by atoms with Gasteiger partial charge in [-0.1, -0.05) is 18.2 Å². The van der Waals surface area contributed by atoms with Crippen LogP contribution in [-0.4, -0.2) is 38.3 Å². The first-order valence-corrected chi connectivity index (χ1v) is 7.54. The minimum atomic E-state index is -3.67. The number of benzene rings is 1. The number of nitrogens with one attached hydrogen (secondary N) is 1. The number of carbonyl (C=O) groups is 1. The molecule has 1 heterocycles. The van der Waals surface area contributed by atoms with Gasteiger partial charge < -0.3 is 11.1 Å². The second kappa shape index (κ2) is 5.68. The van der Waals surface area contributed by atoms with E-state index >= 15 is 0 Å². The second-order valence-corrected chi connectivity index (χ2v) is 6.26. The fourth-order valence-corrected chi connectivity index (χ4v) is 3.71. The first kappa shape index (κ1) is 14.0. The summed E-state index contributed by atoms with van der Waals surface area (Å²) in [6.07, 6.45) is 0.607. The molecule has 1 amide bonds. The van der Waals surface area contributed by atoms with Gasteiger partial charge in [0.05, 0.1) is 11.4 Å². The van der Waals surface area contributed by atoms with Gasteiger partial charge >= 0.3 is 0 Å². The van der Waals surface area contributed by atoms with Gasteiger partial charge in [-0.3, -0.25) is 4.79 Å². The third kappa shape index (κ3) is 2.94. The van der Waals surface area contributed by atoms with Crippen LogP contribution in [0.3, 0.4) is 0 Å². The van der Waals surface area contributed by atoms with E-state index in [9.17, 15) is 13.2 Å². The summed E-state index contributed by atoms with van der Waals surface area (Å²) in [4.78, 5) is 11.7. The number of amides is 1. The molecule has 1 aromatic rings. The zero-order valence-electron chi connectivity index (χ0n) is 10.5. The molecule has 0 aromatic heterocycles. The smallest absolute Gasteiger partial charge is 0.243 e. The molecule has 0 spiro atoms. The lowest BCUT2D eigenvalue weighted by Gasteiger charge is -2.20. The lowest BCUT2D eigenvalue weighted by molar-refractivity contribution is -0.120. The minimum Gasteiger partial charge on any atom is -0.355 e. The highest BCUT2D eigenvalue weighted by atomic mass is 32.2. The molecule has 3 N–H and O–H groups in total. The van der Waals surface area contributed by atoms with Gasteiger partial charge in [0.1, 0.15) is 0 Å². The molecule has 0 radical (unpaired) electrons. The molecular formula is C12H17N3O3S. The third-order valence-electron chi connectivity index (χ3n) is 3.04. The van der Waals surface area contributed by atoms with Crippen LogP contribution in [0.2, 0.25) is 0 Å². The molecule has 1 fully saturated rings. The van der Waals surface area contributed by atoms with Crippen molar-refractivity contribution in [3.05, 3.63) is 29.8 Å². The predicted octanol–water partition coefficient (Wildman–Crippen LogP) is -0.344. The van der Waals surface area contributed by atoms with Gasteiger partial charge in [-0.2, -0.15) is 4.31 Å². The van der Waals surface area contributed by atoms with Crippen LogP contribution in [0.1, 0.15) is 12.0 Å². The Kier molecular flexibility index (Phi) is 4.18. The molecule has 2 rings (SSSR count). The molecule has 1 aliphatic heterocycles. The maximum atomic E-state index is 12.6. The maximum absolute atomic E-state index is 12.6. The largest absolute Gasteiger partial charge is 0.355 e. The van der Waals surface area contributed by atoms with Crippen molar-refractivity contribution in [3.63, 3.8) is 0 Å². The first-order chi connectivity index (χ1) is 9.05. The number of rotatable bonds is 3. The van der Waals surface area contributed by atoms with Gasteiger partial charge in [0.25, 0.3) is 0 Å². The minimum absolute atomic E-state index is 0.138. The fraction of sp³-hybridized carbons (Fsp3) is 0.417. The van der Waals surface area contributed by atoms with E-state index in [2.05, 4.69) is 5.32 Å². The molecule has 1 saturated heterocycles. The highest BCUT2D eigenvalue weighted by Gasteiger charge is 2.29. The number of carbonyl (C=O) groups excluding carboxylic acids is 1. The topological polar surface area (TPSA) is 92.5 Å². The van der Waals surface area contributed by atoms with Crippen LogP contribution in [0.25, 0.3) is 0 Å². The van der Waals surface area contributed by atoms with Crippen molar-refractivity contribution in [2.24, 2.45) is 5.73 Å². The van der Waals surface area contributed by atoms with Gasteiger partial charge in [0.15, 0.2) is 0 Å². The first-order valence-electron chi connectivity index (χ1n) is 6.10. The highest BCUT2D eigenvalue weighted by Crippen LogP contribution is 2.20. The average molecular weight is 283 g/mol. The van der Waals surface area contributed by atoms with Crippen molar-refractivity contribution in [2.75, 3.05) is 19.6 Å². The summed E-state index contributed by atoms with van der Waals surface area (Å²) in [5.41, 5.74) is 6.13. The quantitative estimate of drug-likeness (QED) is 0.793. The van der Waals surface area contributed by atoms with Crippen LogP contribution in [0, 0.1) is 0 Å². The Hall–Kier alpha value is -1.44. The summed E-state index contributed by atoms with van der Waals surface area (Å²) in [6.45, 7) is 0.847. The van der Waals surface area contributed by atoms with E-state index in [0.29, 0.717) is 25.1 Å². The summed E-state index contributed by atoms with van der Waals surface area (Å²) in [5.74, 6) is -0.272. The lowest BCUT2D eigenvalue weighted by Crippen LogP contribution is -2.37. The molecule has 0 atom stereocenters. The van der Waals surface area contributed by atoms with E-state index in [4.69, 9.17) is 5.73 Å². The second-order valence-electron chi connectivity index (χ2n) is 4.35. The molecule has 0 aliphatic carbocycles. The molecular weight excluding hydrogens is 266 g/mol. The molecule has 104 valence electrons. The Morgan fingerprint density at radius 1 is 1.32 bits per heavy atom. The average Bonchev–Trinajstić information content (AvgIpc) is 2.64. The van der Waals surface area contributed by atoms with Gasteiger partial charge in [-0.25, -0.2) is 8.42 Å². The Morgan fingerprint density at radius 2 is 2.05 bits per heavy atom. The molecule has 19 heavy (non-hydrogen) atoms. The van der Waals surface area contributed by atoms with Gasteiger partial charge in [0, 0.05) is 19.6 Å². The number of nitrogens with zero attached hydrogens (tertiary/aromatic N) is 1. The Labute approximate surface area is 112 Å². The summed E-state index contributed by atoms with van der Waals surface area (Å²) >= 11 is 0. The summed E-state index contributed by atoms with van der Waals surface area (Å²) < 4.78 is 26.3. The molecule has 0 unspecified atom stereocenters. The highest BCUT2D eigenvalue weighted by molar-refractivity contribution is 7.89. The van der Waals surface area contributed by atoms with E-state index in [1.807, 2.05) is 0 Å². The monoisotopic (exact) mass is 283 g/mol. The van der Waals surface area contributed by atoms with Crippen LogP contribution >= 0.6 is 0 Å². The number of nitrogens with two attached hydrogens (primary N) is 1. The standard InChI is InChI=1S/C12H17N3O3S/c13-8-10-4-1-2-5-11(10)19(17,18)15-7-3-6-14-12(16)9-15/h1-2,4-5H,3,6-9,13H2,(H,14,16). The van der Waals surface area contributed by atoms with E-state index in [0.717, 1.165) is 0 Å². The van der Waals surface area contributed by atoms with Crippen molar-refractivity contribution >= 4 is 15.9 Å². The Balaban J connectivity index is 2.38. The van der Waals surface area contributed by atoms with Crippen LogP contribution in [0.5, 0.6) is 0 Å². The number of hydrogen-bond acceptors (Lipinski definition) is 4. The molecule has 1 aromatic carbocycles. The van der Waals surface area contributed by atoms with Crippen molar-refractivity contribution < 1.29 is 13.2 Å².